The Kier molecular flexibility index (Phi) is 18.6. The van der Waals surface area contributed by atoms with Crippen molar-refractivity contribution in [3.63, 3.8) is 0 Å². The van der Waals surface area contributed by atoms with Gasteiger partial charge in [-0.3, -0.25) is 4.39 Å². The van der Waals surface area contributed by atoms with Gasteiger partial charge in [0.25, 0.3) is 0 Å². The van der Waals surface area contributed by atoms with Gasteiger partial charge in [0.15, 0.2) is 11.6 Å². The standard InChI is InChI=1S/C54H72Br2F4S4Si2/c1-9-16-20-34(13-5)29-65(30-35(14-6)21-17-10-2)41-25-39(62-52(41)53-42(65)26-44(55)63-53)47-48(58)33(8)46(49(59)50(47)60)38-24-40-51(61-38)54-43(27-45(56)64-54)66(40,31-36(15-7)22-18-11-3)32-37(28-57)23-19-12-4/h24-27,34-37H,9-23,28-32H2,1-8H3. The number of rotatable bonds is 26. The average Bonchev–Trinajstić information content (AvgIpc) is 4.17. The van der Waals surface area contributed by atoms with E-state index in [0.29, 0.717) is 27.5 Å². The van der Waals surface area contributed by atoms with Gasteiger partial charge in [-0.1, -0.05) is 138 Å². The maximum absolute atomic E-state index is 17.5. The minimum absolute atomic E-state index is 0.0417. The first kappa shape index (κ1) is 52.9. The molecule has 0 spiro atoms. The first-order chi connectivity index (χ1) is 31.8. The number of benzene rings is 1. The SMILES string of the molecule is CCCCC(CC)C[Si]1(CC(CF)CCCC)c2cc(Br)sc2-c2sc(-c3c(C)c(F)c(-c4cc5c(s4)-c4sc(Br)cc4[Si]5(CC(CC)CCCC)CC(CC)CCCC)c(F)c3F)cc21. The van der Waals surface area contributed by atoms with Crippen LogP contribution in [0.5, 0.6) is 0 Å². The number of halogens is 6. The third-order valence-electron chi connectivity index (χ3n) is 15.8. The summed E-state index contributed by atoms with van der Waals surface area (Å²) in [5.41, 5.74) is -0.0135. The summed E-state index contributed by atoms with van der Waals surface area (Å²) >= 11 is 14.1. The maximum Gasteiger partial charge on any atom is 0.171 e. The third kappa shape index (κ3) is 10.1. The molecule has 0 bridgehead atoms. The van der Waals surface area contributed by atoms with Gasteiger partial charge in [-0.25, -0.2) is 13.2 Å². The van der Waals surface area contributed by atoms with E-state index in [4.69, 9.17) is 0 Å². The van der Waals surface area contributed by atoms with Gasteiger partial charge in [0.1, 0.15) is 22.0 Å². The van der Waals surface area contributed by atoms with E-state index in [1.54, 1.807) is 29.6 Å². The van der Waals surface area contributed by atoms with Crippen molar-refractivity contribution in [3.8, 4) is 40.4 Å². The summed E-state index contributed by atoms with van der Waals surface area (Å²) in [5.74, 6) is -1.11. The molecule has 5 unspecified atom stereocenters. The summed E-state index contributed by atoms with van der Waals surface area (Å²) in [5, 5.41) is 5.43. The number of fused-ring (bicyclic) bond motifs is 6. The highest BCUT2D eigenvalue weighted by Crippen LogP contribution is 2.52. The fourth-order valence-electron chi connectivity index (χ4n) is 12.0. The first-order valence-electron chi connectivity index (χ1n) is 25.4. The van der Waals surface area contributed by atoms with Crippen molar-refractivity contribution >= 4 is 114 Å². The van der Waals surface area contributed by atoms with E-state index in [-0.39, 0.29) is 29.3 Å². The molecule has 7 rings (SSSR count). The third-order valence-corrected chi connectivity index (χ3v) is 33.2. The molecule has 1 aromatic carbocycles. The van der Waals surface area contributed by atoms with E-state index < -0.39 is 33.6 Å². The van der Waals surface area contributed by atoms with Crippen LogP contribution >= 0.6 is 77.2 Å². The lowest BCUT2D eigenvalue weighted by molar-refractivity contribution is 0.355. The fraction of sp³-hybridized carbons (Fsp3) is 0.593. The van der Waals surface area contributed by atoms with E-state index >= 15 is 17.6 Å². The molecule has 0 saturated heterocycles. The Labute approximate surface area is 429 Å². The quantitative estimate of drug-likeness (QED) is 0.0294. The molecule has 362 valence electrons. The normalized spacial score (nSPS) is 19.2. The topological polar surface area (TPSA) is 0 Å². The van der Waals surface area contributed by atoms with Gasteiger partial charge in [-0.15, -0.1) is 45.3 Å². The molecule has 0 radical (unpaired) electrons. The van der Waals surface area contributed by atoms with E-state index in [1.165, 1.54) is 91.7 Å². The Morgan fingerprint density at radius 3 is 1.18 bits per heavy atom. The van der Waals surface area contributed by atoms with Crippen LogP contribution in [0.25, 0.3) is 40.4 Å². The average molecular weight is 1140 g/mol. The summed E-state index contributed by atoms with van der Waals surface area (Å²) in [7, 11) is -5.02. The van der Waals surface area contributed by atoms with E-state index in [2.05, 4.69) is 105 Å². The second-order valence-electron chi connectivity index (χ2n) is 20.0. The number of thiophene rings is 4. The molecule has 0 saturated carbocycles. The molecule has 0 nitrogen and oxygen atoms in total. The minimum atomic E-state index is -2.60. The second-order valence-corrected chi connectivity index (χ2v) is 35.1. The molecule has 4 aromatic heterocycles. The second kappa shape index (κ2) is 23.1. The van der Waals surface area contributed by atoms with Crippen molar-refractivity contribution in [2.75, 3.05) is 6.67 Å². The minimum Gasteiger partial charge on any atom is -0.251 e. The van der Waals surface area contributed by atoms with Crippen LogP contribution in [0.4, 0.5) is 17.6 Å². The van der Waals surface area contributed by atoms with Gasteiger partial charge in [0, 0.05) is 34.8 Å². The van der Waals surface area contributed by atoms with E-state index in [0.717, 1.165) is 99.3 Å². The lowest BCUT2D eigenvalue weighted by Gasteiger charge is -2.35. The highest BCUT2D eigenvalue weighted by atomic mass is 79.9. The van der Waals surface area contributed by atoms with Gasteiger partial charge in [-0.05, 0) is 144 Å². The van der Waals surface area contributed by atoms with Crippen LogP contribution in [0.1, 0.15) is 150 Å². The maximum atomic E-state index is 17.5. The predicted molar refractivity (Wildman–Crippen MR) is 298 cm³/mol. The number of unbranched alkanes of at least 4 members (excludes halogenated alkanes) is 4. The van der Waals surface area contributed by atoms with Gasteiger partial charge in [0.2, 0.25) is 0 Å². The van der Waals surface area contributed by atoms with Crippen LogP contribution in [0.15, 0.2) is 31.8 Å². The summed E-state index contributed by atoms with van der Waals surface area (Å²) in [6.07, 6.45) is 16.7. The largest absolute Gasteiger partial charge is 0.251 e. The Balaban J connectivity index is 1.37. The number of alkyl halides is 1. The van der Waals surface area contributed by atoms with Crippen LogP contribution in [0, 0.1) is 48.0 Å². The van der Waals surface area contributed by atoms with Gasteiger partial charge in [-0.2, -0.15) is 0 Å². The zero-order valence-electron chi connectivity index (χ0n) is 40.7. The van der Waals surface area contributed by atoms with Crippen LogP contribution < -0.4 is 20.7 Å². The Hall–Kier alpha value is -0.866. The summed E-state index contributed by atoms with van der Waals surface area (Å²) in [4.78, 5) is 5.80. The molecule has 2 aliphatic rings. The molecule has 6 heterocycles. The van der Waals surface area contributed by atoms with Gasteiger partial charge >= 0.3 is 0 Å². The molecule has 66 heavy (non-hydrogen) atoms. The van der Waals surface area contributed by atoms with Crippen molar-refractivity contribution in [1.29, 1.82) is 0 Å². The lowest BCUT2D eigenvalue weighted by atomic mass is 10.00. The van der Waals surface area contributed by atoms with Gasteiger partial charge in [0.05, 0.1) is 19.8 Å². The first-order valence-corrected chi connectivity index (χ1v) is 35.1. The Bertz CT molecular complexity index is 2200. The fourth-order valence-corrected chi connectivity index (χ4v) is 34.1. The molecule has 0 amide bonds. The van der Waals surface area contributed by atoms with Gasteiger partial charge < -0.3 is 0 Å². The monoisotopic (exact) mass is 1140 g/mol. The summed E-state index contributed by atoms with van der Waals surface area (Å²) in [6, 6.07) is 13.0. The molecular formula is C54H72Br2F4S4Si2. The molecular weight excluding hydrogens is 1070 g/mol. The lowest BCUT2D eigenvalue weighted by Crippen LogP contribution is -2.57. The van der Waals surface area contributed by atoms with Crippen molar-refractivity contribution < 1.29 is 17.6 Å². The molecule has 5 atom stereocenters. The molecule has 2 aliphatic heterocycles. The molecule has 0 fully saturated rings. The summed E-state index contributed by atoms with van der Waals surface area (Å²) < 4.78 is 69.4. The van der Waals surface area contributed by atoms with Crippen LogP contribution in [-0.2, 0) is 0 Å². The molecule has 12 heteroatoms. The number of hydrogen-bond acceptors (Lipinski definition) is 4. The van der Waals surface area contributed by atoms with E-state index in [9.17, 15) is 0 Å². The molecule has 0 aliphatic carbocycles. The van der Waals surface area contributed by atoms with Crippen molar-refractivity contribution in [2.45, 2.75) is 176 Å². The van der Waals surface area contributed by atoms with Crippen LogP contribution in [-0.4, -0.2) is 22.8 Å². The highest BCUT2D eigenvalue weighted by molar-refractivity contribution is 9.11. The zero-order valence-corrected chi connectivity index (χ0v) is 49.1. The zero-order chi connectivity index (χ0) is 47.5. The van der Waals surface area contributed by atoms with Crippen molar-refractivity contribution in [3.05, 3.63) is 54.9 Å². The van der Waals surface area contributed by atoms with Crippen molar-refractivity contribution in [2.24, 2.45) is 23.7 Å². The van der Waals surface area contributed by atoms with Crippen LogP contribution in [0.2, 0.25) is 24.2 Å². The van der Waals surface area contributed by atoms with E-state index in [1.807, 2.05) is 0 Å². The smallest absolute Gasteiger partial charge is 0.171 e. The highest BCUT2D eigenvalue weighted by Gasteiger charge is 2.52. The molecule has 0 N–H and O–H groups in total. The number of hydrogen-bond donors (Lipinski definition) is 0. The summed E-state index contributed by atoms with van der Waals surface area (Å²) in [6.45, 7) is 17.2. The van der Waals surface area contributed by atoms with Crippen molar-refractivity contribution in [1.82, 2.24) is 0 Å². The van der Waals surface area contributed by atoms with Crippen LogP contribution in [0.3, 0.4) is 0 Å². The Morgan fingerprint density at radius 1 is 0.470 bits per heavy atom. The Morgan fingerprint density at radius 2 is 0.803 bits per heavy atom. The molecule has 5 aromatic rings. The predicted octanol–water partition coefficient (Wildman–Crippen LogP) is 19.0.